The number of hydrogen-bond acceptors (Lipinski definition) is 4. The summed E-state index contributed by atoms with van der Waals surface area (Å²) in [6, 6.07) is 7.78. The highest BCUT2D eigenvalue weighted by atomic mass is 35.5. The van der Waals surface area contributed by atoms with Gasteiger partial charge in [-0.05, 0) is 58.0 Å². The van der Waals surface area contributed by atoms with Gasteiger partial charge in [0.05, 0.1) is 18.3 Å². The minimum absolute atomic E-state index is 0.0491. The molecule has 1 N–H and O–H groups in total. The molecule has 1 aliphatic rings. The summed E-state index contributed by atoms with van der Waals surface area (Å²) in [6.45, 7) is 4.24. The van der Waals surface area contributed by atoms with Gasteiger partial charge in [0.25, 0.3) is 0 Å². The fraction of sp³-hybridized carbons (Fsp3) is 0.444. The number of aromatic nitrogens is 1. The number of nitrogens with one attached hydrogen (secondary N) is 1. The lowest BCUT2D eigenvalue weighted by atomic mass is 10.1. The average molecular weight is 348 g/mol. The Morgan fingerprint density at radius 3 is 2.71 bits per heavy atom. The Kier molecular flexibility index (Phi) is 4.92. The van der Waals surface area contributed by atoms with Crippen LogP contribution in [0.25, 0.3) is 11.3 Å². The van der Waals surface area contributed by atoms with E-state index >= 15 is 0 Å². The quantitative estimate of drug-likeness (QED) is 0.867. The van der Waals surface area contributed by atoms with E-state index in [2.05, 4.69) is 10.3 Å². The second-order valence-corrected chi connectivity index (χ2v) is 6.84. The molecule has 1 atom stereocenters. The molecule has 3 rings (SSSR count). The molecule has 0 spiro atoms. The van der Waals surface area contributed by atoms with E-state index in [1.807, 2.05) is 50.1 Å². The molecule has 1 amide bonds. The number of benzene rings is 1. The monoisotopic (exact) mass is 347 g/mol. The van der Waals surface area contributed by atoms with Crippen LogP contribution in [0.1, 0.15) is 37.4 Å². The van der Waals surface area contributed by atoms with Gasteiger partial charge in [-0.15, -0.1) is 0 Å². The van der Waals surface area contributed by atoms with Crippen molar-refractivity contribution < 1.29 is 9.21 Å². The van der Waals surface area contributed by atoms with Gasteiger partial charge in [-0.1, -0.05) is 11.6 Å². The van der Waals surface area contributed by atoms with Crippen LogP contribution in [0.5, 0.6) is 0 Å². The first kappa shape index (κ1) is 17.0. The maximum Gasteiger partial charge on any atom is 0.234 e. The van der Waals surface area contributed by atoms with Crippen LogP contribution < -0.4 is 5.32 Å². The summed E-state index contributed by atoms with van der Waals surface area (Å²) in [5.74, 6) is 1.40. The predicted molar refractivity (Wildman–Crippen MR) is 93.9 cm³/mol. The lowest BCUT2D eigenvalue weighted by molar-refractivity contribution is -0.122. The Labute approximate surface area is 147 Å². The van der Waals surface area contributed by atoms with E-state index in [9.17, 15) is 4.79 Å². The second kappa shape index (κ2) is 6.95. The van der Waals surface area contributed by atoms with E-state index in [4.69, 9.17) is 16.0 Å². The molecule has 1 aromatic heterocycles. The van der Waals surface area contributed by atoms with Gasteiger partial charge >= 0.3 is 0 Å². The standard InChI is InChI=1S/C18H22ClN3O2/c1-11-17(13-4-6-14(19)7-5-13)24-18(20-11)12(2)22(3)10-16(23)21-15-8-9-15/h4-7,12,15H,8-10H2,1-3H3,(H,21,23)/t12-/m0/s1. The van der Waals surface area contributed by atoms with Crippen LogP contribution in [0.4, 0.5) is 0 Å². The summed E-state index contributed by atoms with van der Waals surface area (Å²) < 4.78 is 5.97. The molecular formula is C18H22ClN3O2. The number of amides is 1. The first-order chi connectivity index (χ1) is 11.4. The zero-order valence-electron chi connectivity index (χ0n) is 14.2. The zero-order valence-corrected chi connectivity index (χ0v) is 14.9. The number of aryl methyl sites for hydroxylation is 1. The largest absolute Gasteiger partial charge is 0.439 e. The number of hydrogen-bond donors (Lipinski definition) is 1. The molecule has 0 radical (unpaired) electrons. The van der Waals surface area contributed by atoms with Gasteiger partial charge in [-0.2, -0.15) is 0 Å². The molecule has 1 fully saturated rings. The topological polar surface area (TPSA) is 58.4 Å². The lowest BCUT2D eigenvalue weighted by Crippen LogP contribution is -2.37. The van der Waals surface area contributed by atoms with Gasteiger partial charge in [-0.25, -0.2) is 4.98 Å². The number of oxazole rings is 1. The molecule has 0 unspecified atom stereocenters. The lowest BCUT2D eigenvalue weighted by Gasteiger charge is -2.21. The van der Waals surface area contributed by atoms with E-state index in [0.29, 0.717) is 23.5 Å². The van der Waals surface area contributed by atoms with Crippen molar-refractivity contribution in [1.82, 2.24) is 15.2 Å². The summed E-state index contributed by atoms with van der Waals surface area (Å²) in [5.41, 5.74) is 1.77. The smallest absolute Gasteiger partial charge is 0.234 e. The van der Waals surface area contributed by atoms with Crippen LogP contribution in [-0.2, 0) is 4.79 Å². The van der Waals surface area contributed by atoms with Crippen molar-refractivity contribution in [3.05, 3.63) is 40.9 Å². The molecule has 24 heavy (non-hydrogen) atoms. The summed E-state index contributed by atoms with van der Waals surface area (Å²) >= 11 is 5.93. The molecule has 1 saturated carbocycles. The molecule has 0 aliphatic heterocycles. The molecule has 2 aromatic rings. The van der Waals surface area contributed by atoms with E-state index < -0.39 is 0 Å². The van der Waals surface area contributed by atoms with E-state index in [-0.39, 0.29) is 11.9 Å². The highest BCUT2D eigenvalue weighted by Crippen LogP contribution is 2.29. The van der Waals surface area contributed by atoms with Crippen molar-refractivity contribution in [2.45, 2.75) is 38.8 Å². The fourth-order valence-electron chi connectivity index (χ4n) is 2.52. The van der Waals surface area contributed by atoms with Gasteiger partial charge in [0, 0.05) is 16.6 Å². The maximum atomic E-state index is 11.9. The van der Waals surface area contributed by atoms with Crippen molar-refractivity contribution >= 4 is 17.5 Å². The van der Waals surface area contributed by atoms with Crippen molar-refractivity contribution in [3.63, 3.8) is 0 Å². The number of halogens is 1. The minimum atomic E-state index is -0.0882. The normalized spacial score (nSPS) is 15.5. The number of nitrogens with zero attached hydrogens (tertiary/aromatic N) is 2. The summed E-state index contributed by atoms with van der Waals surface area (Å²) in [5, 5.41) is 3.68. The first-order valence-electron chi connectivity index (χ1n) is 8.17. The van der Waals surface area contributed by atoms with Crippen LogP contribution in [0.3, 0.4) is 0 Å². The van der Waals surface area contributed by atoms with Gasteiger partial charge < -0.3 is 9.73 Å². The molecule has 1 heterocycles. The van der Waals surface area contributed by atoms with Crippen molar-refractivity contribution in [3.8, 4) is 11.3 Å². The minimum Gasteiger partial charge on any atom is -0.439 e. The third kappa shape index (κ3) is 3.97. The molecule has 128 valence electrons. The van der Waals surface area contributed by atoms with Gasteiger partial charge in [-0.3, -0.25) is 9.69 Å². The zero-order chi connectivity index (χ0) is 17.3. The fourth-order valence-corrected chi connectivity index (χ4v) is 2.64. The number of carbonyl (C=O) groups excluding carboxylic acids is 1. The number of carbonyl (C=O) groups is 1. The maximum absolute atomic E-state index is 11.9. The second-order valence-electron chi connectivity index (χ2n) is 6.41. The van der Waals surface area contributed by atoms with Crippen molar-refractivity contribution in [2.75, 3.05) is 13.6 Å². The van der Waals surface area contributed by atoms with E-state index in [1.165, 1.54) is 0 Å². The Hall–Kier alpha value is -1.85. The van der Waals surface area contributed by atoms with Crippen LogP contribution in [0.15, 0.2) is 28.7 Å². The summed E-state index contributed by atoms with van der Waals surface area (Å²) in [4.78, 5) is 18.4. The van der Waals surface area contributed by atoms with Gasteiger partial charge in [0.1, 0.15) is 0 Å². The van der Waals surface area contributed by atoms with Crippen molar-refractivity contribution in [2.24, 2.45) is 0 Å². The Bertz CT molecular complexity index is 722. The Morgan fingerprint density at radius 1 is 1.42 bits per heavy atom. The van der Waals surface area contributed by atoms with Crippen LogP contribution in [-0.4, -0.2) is 35.4 Å². The highest BCUT2D eigenvalue weighted by Gasteiger charge is 2.26. The molecule has 1 aliphatic carbocycles. The average Bonchev–Trinajstić information content (AvgIpc) is 3.27. The molecule has 0 bridgehead atoms. The summed E-state index contributed by atoms with van der Waals surface area (Å²) in [7, 11) is 1.90. The highest BCUT2D eigenvalue weighted by molar-refractivity contribution is 6.30. The number of rotatable bonds is 6. The third-order valence-corrected chi connectivity index (χ3v) is 4.53. The molecule has 5 nitrogen and oxygen atoms in total. The van der Waals surface area contributed by atoms with Crippen LogP contribution in [0, 0.1) is 6.92 Å². The Morgan fingerprint density at radius 2 is 2.08 bits per heavy atom. The molecule has 0 saturated heterocycles. The molecular weight excluding hydrogens is 326 g/mol. The van der Waals surface area contributed by atoms with Crippen molar-refractivity contribution in [1.29, 1.82) is 0 Å². The van der Waals surface area contributed by atoms with Gasteiger partial charge in [0.2, 0.25) is 11.8 Å². The SMILES string of the molecule is Cc1nc([C@H](C)N(C)CC(=O)NC2CC2)oc1-c1ccc(Cl)cc1. The van der Waals surface area contributed by atoms with Crippen LogP contribution >= 0.6 is 11.6 Å². The van der Waals surface area contributed by atoms with Crippen LogP contribution in [0.2, 0.25) is 5.02 Å². The van der Waals surface area contributed by atoms with E-state index in [0.717, 1.165) is 29.9 Å². The molecule has 1 aromatic carbocycles. The van der Waals surface area contributed by atoms with E-state index in [1.54, 1.807) is 0 Å². The third-order valence-electron chi connectivity index (χ3n) is 4.27. The first-order valence-corrected chi connectivity index (χ1v) is 8.54. The summed E-state index contributed by atoms with van der Waals surface area (Å²) in [6.07, 6.45) is 2.18. The number of likely N-dealkylation sites (N-methyl/N-ethyl adjacent to an activating group) is 1. The van der Waals surface area contributed by atoms with Gasteiger partial charge in [0.15, 0.2) is 5.76 Å². The Balaban J connectivity index is 1.70. The molecule has 6 heteroatoms. The predicted octanol–water partition coefficient (Wildman–Crippen LogP) is 3.57.